The number of aromatic nitrogens is 1. The van der Waals surface area contributed by atoms with E-state index in [1.54, 1.807) is 20.1 Å². The summed E-state index contributed by atoms with van der Waals surface area (Å²) >= 11 is 0. The van der Waals surface area contributed by atoms with Gasteiger partial charge in [-0.05, 0) is 35.7 Å². The highest BCUT2D eigenvalue weighted by molar-refractivity contribution is 5.72. The second-order valence-electron chi connectivity index (χ2n) is 5.07. The number of carboxylic acid groups (broad SMARTS) is 1. The Morgan fingerprint density at radius 1 is 1.22 bits per heavy atom. The first kappa shape index (κ1) is 16.5. The summed E-state index contributed by atoms with van der Waals surface area (Å²) in [7, 11) is 1.61. The van der Waals surface area contributed by atoms with E-state index in [1.165, 1.54) is 16.8 Å². The molecule has 1 atom stereocenters. The number of nitrogens with zero attached hydrogens (tertiary/aromatic N) is 1. The molecule has 0 amide bonds. The lowest BCUT2D eigenvalue weighted by atomic mass is 10.1. The van der Waals surface area contributed by atoms with Crippen molar-refractivity contribution < 1.29 is 14.6 Å². The minimum absolute atomic E-state index is 0.323. The van der Waals surface area contributed by atoms with E-state index in [0.29, 0.717) is 6.42 Å². The highest BCUT2D eigenvalue weighted by atomic mass is 16.5. The predicted octanol–water partition coefficient (Wildman–Crippen LogP) is 3.06. The van der Waals surface area contributed by atoms with Gasteiger partial charge in [-0.15, -0.1) is 0 Å². The van der Waals surface area contributed by atoms with E-state index in [9.17, 15) is 9.59 Å². The predicted molar refractivity (Wildman–Crippen MR) is 89.6 cm³/mol. The van der Waals surface area contributed by atoms with Crippen LogP contribution >= 0.6 is 0 Å². The Morgan fingerprint density at radius 2 is 1.87 bits per heavy atom. The van der Waals surface area contributed by atoms with Crippen molar-refractivity contribution in [2.24, 2.45) is 0 Å². The van der Waals surface area contributed by atoms with Gasteiger partial charge in [0, 0.05) is 12.3 Å². The Bertz CT molecular complexity index is 759. The number of aliphatic carboxylic acids is 1. The van der Waals surface area contributed by atoms with Crippen LogP contribution in [0.25, 0.3) is 12.2 Å². The Hall–Kier alpha value is -2.82. The molecule has 0 aliphatic carbocycles. The zero-order valence-electron chi connectivity index (χ0n) is 13.1. The van der Waals surface area contributed by atoms with Crippen LogP contribution in [0.4, 0.5) is 0 Å². The molecule has 120 valence electrons. The fourth-order valence-corrected chi connectivity index (χ4v) is 2.26. The lowest BCUT2D eigenvalue weighted by molar-refractivity contribution is -0.141. The van der Waals surface area contributed by atoms with Gasteiger partial charge in [0.25, 0.3) is 5.56 Å². The van der Waals surface area contributed by atoms with Crippen LogP contribution in [0.3, 0.4) is 0 Å². The fourth-order valence-electron chi connectivity index (χ4n) is 2.26. The van der Waals surface area contributed by atoms with Crippen LogP contribution in [0.15, 0.2) is 47.4 Å². The molecule has 0 aliphatic rings. The second kappa shape index (κ2) is 7.45. The number of carbonyl (C=O) groups is 1. The summed E-state index contributed by atoms with van der Waals surface area (Å²) in [5.41, 5.74) is 1.38. The van der Waals surface area contributed by atoms with Gasteiger partial charge in [0.15, 0.2) is 0 Å². The van der Waals surface area contributed by atoms with Gasteiger partial charge < -0.3 is 14.4 Å². The molecule has 0 saturated heterocycles. The highest BCUT2D eigenvalue weighted by Crippen LogP contribution is 2.14. The molecule has 5 nitrogen and oxygen atoms in total. The number of hydrogen-bond acceptors (Lipinski definition) is 3. The lowest BCUT2D eigenvalue weighted by Gasteiger charge is -2.13. The third-order valence-corrected chi connectivity index (χ3v) is 3.56. The molecular formula is C18H19NO4. The number of hydrogen-bond donors (Lipinski definition) is 1. The molecule has 2 aromatic rings. The van der Waals surface area contributed by atoms with Crippen LogP contribution in [0.2, 0.25) is 0 Å². The third-order valence-electron chi connectivity index (χ3n) is 3.56. The van der Waals surface area contributed by atoms with Crippen molar-refractivity contribution >= 4 is 18.1 Å². The third kappa shape index (κ3) is 4.10. The zero-order chi connectivity index (χ0) is 16.8. The molecule has 1 aromatic carbocycles. The first-order valence-corrected chi connectivity index (χ1v) is 7.32. The number of pyridine rings is 1. The molecule has 0 radical (unpaired) electrons. The summed E-state index contributed by atoms with van der Waals surface area (Å²) in [4.78, 5) is 23.2. The topological polar surface area (TPSA) is 68.5 Å². The van der Waals surface area contributed by atoms with Crippen LogP contribution in [0.1, 0.15) is 30.5 Å². The summed E-state index contributed by atoms with van der Waals surface area (Å²) < 4.78 is 6.34. The molecule has 0 aliphatic heterocycles. The number of benzene rings is 1. The number of methoxy groups -OCH3 is 1. The van der Waals surface area contributed by atoms with Crippen LogP contribution in [0, 0.1) is 0 Å². The van der Waals surface area contributed by atoms with Crippen LogP contribution in [0.5, 0.6) is 5.75 Å². The van der Waals surface area contributed by atoms with Crippen LogP contribution in [-0.4, -0.2) is 22.8 Å². The summed E-state index contributed by atoms with van der Waals surface area (Å²) in [6.45, 7) is 1.74. The standard InChI is InChI=1S/C18H19NO4/c1-3-16(18(21)22)19-11-10-14(12-17(19)20)5-4-13-6-8-15(23-2)9-7-13/h4-12,16H,3H2,1-2H3,(H,21,22)/b5-4+. The van der Waals surface area contributed by atoms with E-state index in [1.807, 2.05) is 36.4 Å². The van der Waals surface area contributed by atoms with Crippen molar-refractivity contribution in [1.82, 2.24) is 4.57 Å². The van der Waals surface area contributed by atoms with Gasteiger partial charge in [0.1, 0.15) is 11.8 Å². The molecule has 0 fully saturated rings. The van der Waals surface area contributed by atoms with E-state index in [-0.39, 0.29) is 5.56 Å². The largest absolute Gasteiger partial charge is 0.497 e. The molecule has 1 N–H and O–H groups in total. The minimum Gasteiger partial charge on any atom is -0.497 e. The van der Waals surface area contributed by atoms with E-state index >= 15 is 0 Å². The maximum Gasteiger partial charge on any atom is 0.326 e. The lowest BCUT2D eigenvalue weighted by Crippen LogP contribution is -2.28. The smallest absolute Gasteiger partial charge is 0.326 e. The average molecular weight is 313 g/mol. The molecule has 2 rings (SSSR count). The second-order valence-corrected chi connectivity index (χ2v) is 5.07. The molecule has 0 saturated carbocycles. The normalized spacial score (nSPS) is 12.3. The average Bonchev–Trinajstić information content (AvgIpc) is 2.55. The van der Waals surface area contributed by atoms with Gasteiger partial charge in [-0.2, -0.15) is 0 Å². The maximum atomic E-state index is 12.1. The first-order chi connectivity index (χ1) is 11.0. The summed E-state index contributed by atoms with van der Waals surface area (Å²) in [6, 6.07) is 9.87. The van der Waals surface area contributed by atoms with Crippen molar-refractivity contribution in [2.75, 3.05) is 7.11 Å². The SMILES string of the molecule is CCC(C(=O)O)n1ccc(/C=C/c2ccc(OC)cc2)cc1=O. The highest BCUT2D eigenvalue weighted by Gasteiger charge is 2.17. The van der Waals surface area contributed by atoms with Gasteiger partial charge in [0.05, 0.1) is 7.11 Å². The maximum absolute atomic E-state index is 12.1. The van der Waals surface area contributed by atoms with Crippen molar-refractivity contribution in [3.63, 3.8) is 0 Å². The molecular weight excluding hydrogens is 294 g/mol. The van der Waals surface area contributed by atoms with E-state index in [0.717, 1.165) is 16.9 Å². The van der Waals surface area contributed by atoms with Gasteiger partial charge in [-0.3, -0.25) is 4.79 Å². The van der Waals surface area contributed by atoms with E-state index in [2.05, 4.69) is 0 Å². The van der Waals surface area contributed by atoms with Crippen LogP contribution < -0.4 is 10.3 Å². The van der Waals surface area contributed by atoms with Gasteiger partial charge >= 0.3 is 5.97 Å². The van der Waals surface area contributed by atoms with Crippen molar-refractivity contribution in [1.29, 1.82) is 0 Å². The Labute approximate surface area is 134 Å². The monoisotopic (exact) mass is 313 g/mol. The Morgan fingerprint density at radius 3 is 2.39 bits per heavy atom. The summed E-state index contributed by atoms with van der Waals surface area (Å²) in [6.07, 6.45) is 5.58. The Kier molecular flexibility index (Phi) is 5.36. The molecule has 1 unspecified atom stereocenters. The minimum atomic E-state index is -1.00. The van der Waals surface area contributed by atoms with Crippen molar-refractivity contribution in [3.8, 4) is 5.75 Å². The zero-order valence-corrected chi connectivity index (χ0v) is 13.1. The number of ether oxygens (including phenoxy) is 1. The molecule has 1 aromatic heterocycles. The molecule has 5 heteroatoms. The number of rotatable bonds is 6. The molecule has 1 heterocycles. The molecule has 0 bridgehead atoms. The van der Waals surface area contributed by atoms with Crippen molar-refractivity contribution in [2.45, 2.75) is 19.4 Å². The van der Waals surface area contributed by atoms with E-state index in [4.69, 9.17) is 9.84 Å². The van der Waals surface area contributed by atoms with Crippen LogP contribution in [-0.2, 0) is 4.79 Å². The van der Waals surface area contributed by atoms with Gasteiger partial charge in [0.2, 0.25) is 0 Å². The molecule has 0 spiro atoms. The Balaban J connectivity index is 2.21. The fraction of sp³-hybridized carbons (Fsp3) is 0.222. The van der Waals surface area contributed by atoms with E-state index < -0.39 is 12.0 Å². The summed E-state index contributed by atoms with van der Waals surface area (Å²) in [5, 5.41) is 9.13. The number of carboxylic acids is 1. The first-order valence-electron chi connectivity index (χ1n) is 7.32. The van der Waals surface area contributed by atoms with Crippen molar-refractivity contribution in [3.05, 3.63) is 64.1 Å². The molecule has 23 heavy (non-hydrogen) atoms. The van der Waals surface area contributed by atoms with Gasteiger partial charge in [-0.25, -0.2) is 4.79 Å². The van der Waals surface area contributed by atoms with Gasteiger partial charge in [-0.1, -0.05) is 31.2 Å². The summed E-state index contributed by atoms with van der Waals surface area (Å²) in [5.74, 6) is -0.222. The quantitative estimate of drug-likeness (QED) is 0.890.